The molecule has 1 aliphatic rings. The molecule has 3 rings (SSSR count). The van der Waals surface area contributed by atoms with Crippen molar-refractivity contribution in [2.45, 2.75) is 25.1 Å². The van der Waals surface area contributed by atoms with Crippen molar-refractivity contribution in [3.63, 3.8) is 0 Å². The second-order valence-electron chi connectivity index (χ2n) is 6.27. The largest absolute Gasteiger partial charge is 0.472 e. The summed E-state index contributed by atoms with van der Waals surface area (Å²) in [6, 6.07) is 8.74. The standard InChI is InChI=1S/C18H23N3O4/c1-21(2)11-13-6-7-16(24-13)18(22)20-14-12-23-10-8-15(14)25-17-5-3-4-9-19-17/h3-7,9,14-15H,8,10-12H2,1-2H3,(H,20,22)/t14-,15-/m1/s1. The highest BCUT2D eigenvalue weighted by molar-refractivity contribution is 5.91. The van der Waals surface area contributed by atoms with Gasteiger partial charge in [-0.05, 0) is 32.3 Å². The van der Waals surface area contributed by atoms with Gasteiger partial charge in [0.2, 0.25) is 5.88 Å². The number of nitrogens with zero attached hydrogens (tertiary/aromatic N) is 2. The Bertz CT molecular complexity index is 687. The molecule has 0 bridgehead atoms. The van der Waals surface area contributed by atoms with Crippen molar-refractivity contribution in [3.8, 4) is 5.88 Å². The van der Waals surface area contributed by atoms with Gasteiger partial charge in [0.1, 0.15) is 11.9 Å². The molecule has 0 aromatic carbocycles. The summed E-state index contributed by atoms with van der Waals surface area (Å²) >= 11 is 0. The minimum Gasteiger partial charge on any atom is -0.472 e. The molecule has 1 aliphatic heterocycles. The molecule has 0 unspecified atom stereocenters. The number of hydrogen-bond acceptors (Lipinski definition) is 6. The molecule has 2 aromatic heterocycles. The van der Waals surface area contributed by atoms with E-state index in [0.29, 0.717) is 37.8 Å². The number of carbonyl (C=O) groups excluding carboxylic acids is 1. The summed E-state index contributed by atoms with van der Waals surface area (Å²) in [5.74, 6) is 1.31. The van der Waals surface area contributed by atoms with Gasteiger partial charge in [0.05, 0.1) is 25.8 Å². The quantitative estimate of drug-likeness (QED) is 0.859. The Kier molecular flexibility index (Phi) is 5.67. The van der Waals surface area contributed by atoms with E-state index in [1.54, 1.807) is 18.3 Å². The average molecular weight is 345 g/mol. The lowest BCUT2D eigenvalue weighted by Crippen LogP contribution is -2.51. The molecule has 134 valence electrons. The summed E-state index contributed by atoms with van der Waals surface area (Å²) in [6.07, 6.45) is 2.17. The van der Waals surface area contributed by atoms with Crippen molar-refractivity contribution < 1.29 is 18.7 Å². The summed E-state index contributed by atoms with van der Waals surface area (Å²) in [6.45, 7) is 1.64. The minimum absolute atomic E-state index is 0.191. The Morgan fingerprint density at radius 3 is 3.00 bits per heavy atom. The molecule has 0 spiro atoms. The van der Waals surface area contributed by atoms with Crippen LogP contribution in [0.15, 0.2) is 40.9 Å². The molecule has 3 heterocycles. The molecule has 7 heteroatoms. The molecule has 0 saturated carbocycles. The number of hydrogen-bond donors (Lipinski definition) is 1. The molecular formula is C18H23N3O4. The highest BCUT2D eigenvalue weighted by Crippen LogP contribution is 2.17. The van der Waals surface area contributed by atoms with Gasteiger partial charge in [-0.1, -0.05) is 6.07 Å². The minimum atomic E-state index is -0.268. The van der Waals surface area contributed by atoms with E-state index in [4.69, 9.17) is 13.9 Å². The van der Waals surface area contributed by atoms with Crippen LogP contribution in [0, 0.1) is 0 Å². The first-order chi connectivity index (χ1) is 12.1. The van der Waals surface area contributed by atoms with Crippen molar-refractivity contribution in [2.24, 2.45) is 0 Å². The lowest BCUT2D eigenvalue weighted by Gasteiger charge is -2.31. The van der Waals surface area contributed by atoms with E-state index in [2.05, 4.69) is 10.3 Å². The van der Waals surface area contributed by atoms with Crippen molar-refractivity contribution in [1.82, 2.24) is 15.2 Å². The van der Waals surface area contributed by atoms with Crippen LogP contribution in [0.5, 0.6) is 5.88 Å². The lowest BCUT2D eigenvalue weighted by molar-refractivity contribution is -0.00482. The van der Waals surface area contributed by atoms with E-state index in [1.165, 1.54) is 0 Å². The van der Waals surface area contributed by atoms with Gasteiger partial charge < -0.3 is 24.1 Å². The second kappa shape index (κ2) is 8.13. The first-order valence-corrected chi connectivity index (χ1v) is 8.31. The van der Waals surface area contributed by atoms with E-state index in [9.17, 15) is 4.79 Å². The Morgan fingerprint density at radius 1 is 1.36 bits per heavy atom. The van der Waals surface area contributed by atoms with Gasteiger partial charge in [-0.15, -0.1) is 0 Å². The van der Waals surface area contributed by atoms with Crippen LogP contribution in [0.25, 0.3) is 0 Å². The van der Waals surface area contributed by atoms with Gasteiger partial charge in [-0.2, -0.15) is 0 Å². The third-order valence-electron chi connectivity index (χ3n) is 3.88. The zero-order valence-corrected chi connectivity index (χ0v) is 14.5. The molecule has 1 N–H and O–H groups in total. The SMILES string of the molecule is CN(C)Cc1ccc(C(=O)N[C@@H]2COCC[C@H]2Oc2ccccn2)o1. The van der Waals surface area contributed by atoms with E-state index in [-0.39, 0.29) is 18.1 Å². The molecule has 2 aromatic rings. The van der Waals surface area contributed by atoms with Crippen LogP contribution in [0.3, 0.4) is 0 Å². The third kappa shape index (κ3) is 4.80. The smallest absolute Gasteiger partial charge is 0.287 e. The van der Waals surface area contributed by atoms with Crippen molar-refractivity contribution >= 4 is 5.91 Å². The number of nitrogens with one attached hydrogen (secondary N) is 1. The summed E-state index contributed by atoms with van der Waals surface area (Å²) in [7, 11) is 3.89. The number of pyridine rings is 1. The summed E-state index contributed by atoms with van der Waals surface area (Å²) in [5, 5.41) is 2.95. The van der Waals surface area contributed by atoms with E-state index in [0.717, 1.165) is 5.76 Å². The molecule has 25 heavy (non-hydrogen) atoms. The van der Waals surface area contributed by atoms with Crippen molar-refractivity contribution in [1.29, 1.82) is 0 Å². The Balaban J connectivity index is 1.62. The Hall–Kier alpha value is -2.38. The maximum absolute atomic E-state index is 12.5. The fraction of sp³-hybridized carbons (Fsp3) is 0.444. The molecule has 1 fully saturated rings. The van der Waals surface area contributed by atoms with Crippen LogP contribution in [0.1, 0.15) is 22.7 Å². The van der Waals surface area contributed by atoms with Gasteiger partial charge in [0.25, 0.3) is 5.91 Å². The van der Waals surface area contributed by atoms with Crippen molar-refractivity contribution in [3.05, 3.63) is 48.0 Å². The number of aromatic nitrogens is 1. The molecule has 0 radical (unpaired) electrons. The average Bonchev–Trinajstić information content (AvgIpc) is 3.05. The van der Waals surface area contributed by atoms with E-state index >= 15 is 0 Å². The fourth-order valence-electron chi connectivity index (χ4n) is 2.70. The summed E-state index contributed by atoms with van der Waals surface area (Å²) in [4.78, 5) is 18.6. The monoisotopic (exact) mass is 345 g/mol. The summed E-state index contributed by atoms with van der Waals surface area (Å²) < 4.78 is 17.0. The predicted octanol–water partition coefficient (Wildman–Crippen LogP) is 1.70. The van der Waals surface area contributed by atoms with Gasteiger partial charge in [0.15, 0.2) is 5.76 Å². The second-order valence-corrected chi connectivity index (χ2v) is 6.27. The maximum atomic E-state index is 12.5. The molecule has 1 saturated heterocycles. The van der Waals surface area contributed by atoms with Crippen molar-refractivity contribution in [2.75, 3.05) is 27.3 Å². The number of rotatable bonds is 6. The van der Waals surface area contributed by atoms with Crippen LogP contribution in [-0.4, -0.2) is 55.2 Å². The molecule has 7 nitrogen and oxygen atoms in total. The third-order valence-corrected chi connectivity index (χ3v) is 3.88. The maximum Gasteiger partial charge on any atom is 0.287 e. The number of amides is 1. The Morgan fingerprint density at radius 2 is 2.24 bits per heavy atom. The van der Waals surface area contributed by atoms with Crippen LogP contribution < -0.4 is 10.1 Å². The van der Waals surface area contributed by atoms with Gasteiger partial charge in [0, 0.05) is 18.7 Å². The number of carbonyl (C=O) groups is 1. The fourth-order valence-corrected chi connectivity index (χ4v) is 2.70. The highest BCUT2D eigenvalue weighted by atomic mass is 16.5. The normalized spacial score (nSPS) is 20.4. The zero-order valence-electron chi connectivity index (χ0n) is 14.5. The molecular weight excluding hydrogens is 322 g/mol. The number of ether oxygens (including phenoxy) is 2. The first kappa shape index (κ1) is 17.4. The van der Waals surface area contributed by atoms with Gasteiger partial charge in [-0.25, -0.2) is 4.98 Å². The molecule has 1 amide bonds. The van der Waals surface area contributed by atoms with Crippen LogP contribution in [0.2, 0.25) is 0 Å². The molecule has 2 atom stereocenters. The van der Waals surface area contributed by atoms with Gasteiger partial charge >= 0.3 is 0 Å². The van der Waals surface area contributed by atoms with Crippen LogP contribution in [-0.2, 0) is 11.3 Å². The highest BCUT2D eigenvalue weighted by Gasteiger charge is 2.30. The van der Waals surface area contributed by atoms with Gasteiger partial charge in [-0.3, -0.25) is 4.79 Å². The topological polar surface area (TPSA) is 76.8 Å². The van der Waals surface area contributed by atoms with E-state index in [1.807, 2.05) is 37.2 Å². The summed E-state index contributed by atoms with van der Waals surface area (Å²) in [5.41, 5.74) is 0. The Labute approximate surface area is 146 Å². The predicted molar refractivity (Wildman–Crippen MR) is 91.4 cm³/mol. The van der Waals surface area contributed by atoms with Crippen LogP contribution >= 0.6 is 0 Å². The van der Waals surface area contributed by atoms with E-state index < -0.39 is 0 Å². The molecule has 0 aliphatic carbocycles. The lowest BCUT2D eigenvalue weighted by atomic mass is 10.1. The first-order valence-electron chi connectivity index (χ1n) is 8.31. The zero-order chi connectivity index (χ0) is 17.6. The van der Waals surface area contributed by atoms with Crippen LogP contribution in [0.4, 0.5) is 0 Å². The number of furan rings is 1.